The number of fused-ring (bicyclic) bond motifs is 1. The Morgan fingerprint density at radius 1 is 1.20 bits per heavy atom. The highest BCUT2D eigenvalue weighted by molar-refractivity contribution is 7.89. The zero-order valence-corrected chi connectivity index (χ0v) is 15.0. The summed E-state index contributed by atoms with van der Waals surface area (Å²) in [4.78, 5) is 18.7. The van der Waals surface area contributed by atoms with Gasteiger partial charge in [-0.05, 0) is 49.1 Å². The summed E-state index contributed by atoms with van der Waals surface area (Å²) in [6.45, 7) is 2.07. The Hall–Kier alpha value is -2.22. The molecule has 6 nitrogen and oxygen atoms in total. The van der Waals surface area contributed by atoms with Crippen LogP contribution in [0.2, 0.25) is 5.15 Å². The summed E-state index contributed by atoms with van der Waals surface area (Å²) in [6, 6.07) is 10.3. The van der Waals surface area contributed by atoms with Crippen LogP contribution in [0.3, 0.4) is 0 Å². The van der Waals surface area contributed by atoms with E-state index in [2.05, 4.69) is 14.7 Å². The normalized spacial score (nSPS) is 11.8. The second kappa shape index (κ2) is 6.95. The zero-order valence-electron chi connectivity index (χ0n) is 13.4. The van der Waals surface area contributed by atoms with E-state index in [1.807, 2.05) is 25.1 Å². The number of sulfonamides is 1. The van der Waals surface area contributed by atoms with Crippen molar-refractivity contribution in [1.29, 1.82) is 0 Å². The molecule has 130 valence electrons. The Labute approximate surface area is 149 Å². The predicted molar refractivity (Wildman–Crippen MR) is 97.4 cm³/mol. The summed E-state index contributed by atoms with van der Waals surface area (Å²) in [5.74, 6) is 0. The van der Waals surface area contributed by atoms with Gasteiger partial charge in [0.1, 0.15) is 10.0 Å². The number of hydrogen-bond donors (Lipinski definition) is 2. The van der Waals surface area contributed by atoms with Crippen LogP contribution < -0.4 is 10.3 Å². The topological polar surface area (TPSA) is 91.9 Å². The van der Waals surface area contributed by atoms with Crippen LogP contribution in [0.4, 0.5) is 0 Å². The van der Waals surface area contributed by atoms with Gasteiger partial charge in [-0.1, -0.05) is 23.2 Å². The summed E-state index contributed by atoms with van der Waals surface area (Å²) in [6.07, 6.45) is 1.47. The Morgan fingerprint density at radius 2 is 2.00 bits per heavy atom. The van der Waals surface area contributed by atoms with Gasteiger partial charge >= 0.3 is 0 Å². The van der Waals surface area contributed by atoms with E-state index < -0.39 is 10.0 Å². The number of aromatic amines is 1. The first-order valence-corrected chi connectivity index (χ1v) is 9.45. The number of rotatable bonds is 5. The molecular weight excluding hydrogens is 362 g/mol. The molecule has 2 N–H and O–H groups in total. The Bertz CT molecular complexity index is 1080. The molecule has 0 radical (unpaired) electrons. The van der Waals surface area contributed by atoms with Gasteiger partial charge in [0.15, 0.2) is 0 Å². The molecule has 0 amide bonds. The zero-order chi connectivity index (χ0) is 18.0. The van der Waals surface area contributed by atoms with Gasteiger partial charge < -0.3 is 4.98 Å². The molecule has 8 heteroatoms. The second-order valence-electron chi connectivity index (χ2n) is 5.68. The van der Waals surface area contributed by atoms with Crippen molar-refractivity contribution in [3.8, 4) is 0 Å². The highest BCUT2D eigenvalue weighted by Crippen LogP contribution is 2.14. The molecule has 0 fully saturated rings. The van der Waals surface area contributed by atoms with E-state index in [1.54, 1.807) is 6.07 Å². The van der Waals surface area contributed by atoms with Gasteiger partial charge in [-0.3, -0.25) is 4.79 Å². The maximum absolute atomic E-state index is 12.2. The van der Waals surface area contributed by atoms with E-state index in [1.165, 1.54) is 18.3 Å². The first kappa shape index (κ1) is 17.6. The summed E-state index contributed by atoms with van der Waals surface area (Å²) in [7, 11) is -3.69. The molecule has 0 saturated carbocycles. The van der Waals surface area contributed by atoms with Gasteiger partial charge in [0, 0.05) is 23.8 Å². The minimum Gasteiger partial charge on any atom is -0.322 e. The maximum atomic E-state index is 12.2. The van der Waals surface area contributed by atoms with Gasteiger partial charge in [-0.15, -0.1) is 0 Å². The summed E-state index contributed by atoms with van der Waals surface area (Å²) < 4.78 is 26.9. The van der Waals surface area contributed by atoms with Crippen molar-refractivity contribution in [3.05, 3.63) is 69.2 Å². The first-order valence-electron chi connectivity index (χ1n) is 7.59. The van der Waals surface area contributed by atoms with Crippen molar-refractivity contribution in [2.45, 2.75) is 18.2 Å². The Balaban J connectivity index is 1.75. The van der Waals surface area contributed by atoms with E-state index in [9.17, 15) is 13.2 Å². The van der Waals surface area contributed by atoms with Gasteiger partial charge in [0.2, 0.25) is 10.0 Å². The average Bonchev–Trinajstić information content (AvgIpc) is 2.56. The quantitative estimate of drug-likeness (QED) is 0.668. The predicted octanol–water partition coefficient (Wildman–Crippen LogP) is 2.41. The average molecular weight is 378 g/mol. The van der Waals surface area contributed by atoms with Crippen LogP contribution in [0, 0.1) is 6.92 Å². The molecule has 3 aromatic rings. The molecule has 25 heavy (non-hydrogen) atoms. The van der Waals surface area contributed by atoms with E-state index in [-0.39, 0.29) is 28.6 Å². The molecule has 0 atom stereocenters. The molecule has 0 saturated heterocycles. The third-order valence-corrected chi connectivity index (χ3v) is 5.44. The van der Waals surface area contributed by atoms with Crippen molar-refractivity contribution in [1.82, 2.24) is 14.7 Å². The van der Waals surface area contributed by atoms with Crippen molar-refractivity contribution in [3.63, 3.8) is 0 Å². The van der Waals surface area contributed by atoms with Crippen LogP contribution in [0.1, 0.15) is 11.1 Å². The summed E-state index contributed by atoms with van der Waals surface area (Å²) >= 11 is 5.66. The van der Waals surface area contributed by atoms with Crippen LogP contribution in [0.15, 0.2) is 52.3 Å². The lowest BCUT2D eigenvalue weighted by molar-refractivity contribution is 0.581. The molecule has 0 aliphatic rings. The fraction of sp³-hybridized carbons (Fsp3) is 0.176. The third kappa shape index (κ3) is 4.07. The Morgan fingerprint density at radius 3 is 2.72 bits per heavy atom. The van der Waals surface area contributed by atoms with E-state index >= 15 is 0 Å². The number of hydrogen-bond acceptors (Lipinski definition) is 4. The van der Waals surface area contributed by atoms with E-state index in [4.69, 9.17) is 11.6 Å². The standard InChI is InChI=1S/C17H16ClN3O3S/c1-11-2-4-15-13(8-11)9-12(17(22)21-15)6-7-20-25(23,24)14-3-5-16(18)19-10-14/h2-5,8-10,20H,6-7H2,1H3,(H,21,22). The van der Waals surface area contributed by atoms with Crippen molar-refractivity contribution >= 4 is 32.5 Å². The lowest BCUT2D eigenvalue weighted by atomic mass is 10.1. The fourth-order valence-corrected chi connectivity index (χ4v) is 3.57. The second-order valence-corrected chi connectivity index (χ2v) is 7.83. The van der Waals surface area contributed by atoms with E-state index in [0.717, 1.165) is 16.5 Å². The molecule has 0 spiro atoms. The highest BCUT2D eigenvalue weighted by atomic mass is 35.5. The Kier molecular flexibility index (Phi) is 4.89. The van der Waals surface area contributed by atoms with Crippen LogP contribution in [0.25, 0.3) is 10.9 Å². The van der Waals surface area contributed by atoms with E-state index in [0.29, 0.717) is 5.56 Å². The van der Waals surface area contributed by atoms with Gasteiger partial charge in [-0.25, -0.2) is 18.1 Å². The largest absolute Gasteiger partial charge is 0.322 e. The lowest BCUT2D eigenvalue weighted by Crippen LogP contribution is -2.27. The molecule has 0 unspecified atom stereocenters. The number of nitrogens with one attached hydrogen (secondary N) is 2. The molecule has 0 aliphatic heterocycles. The van der Waals surface area contributed by atoms with Gasteiger partial charge in [0.05, 0.1) is 0 Å². The number of nitrogens with zero attached hydrogens (tertiary/aromatic N) is 1. The molecular formula is C17H16ClN3O3S. The molecule has 2 aromatic heterocycles. The van der Waals surface area contributed by atoms with Crippen molar-refractivity contribution < 1.29 is 8.42 Å². The molecule has 1 aromatic carbocycles. The number of aromatic nitrogens is 2. The third-order valence-electron chi connectivity index (χ3n) is 3.77. The SMILES string of the molecule is Cc1ccc2[nH]c(=O)c(CCNS(=O)(=O)c3ccc(Cl)nc3)cc2c1. The molecule has 3 rings (SSSR count). The van der Waals surface area contributed by atoms with Crippen molar-refractivity contribution in [2.24, 2.45) is 0 Å². The summed E-state index contributed by atoms with van der Waals surface area (Å²) in [5.41, 5.74) is 2.15. The number of H-pyrrole nitrogens is 1. The fourth-order valence-electron chi connectivity index (χ4n) is 2.48. The first-order chi connectivity index (χ1) is 11.8. The van der Waals surface area contributed by atoms with Crippen LogP contribution in [0.5, 0.6) is 0 Å². The number of benzene rings is 1. The smallest absolute Gasteiger partial charge is 0.251 e. The van der Waals surface area contributed by atoms with Crippen LogP contribution in [-0.4, -0.2) is 24.9 Å². The molecule has 0 bridgehead atoms. The summed E-state index contributed by atoms with van der Waals surface area (Å²) in [5, 5.41) is 1.14. The number of halogens is 1. The lowest BCUT2D eigenvalue weighted by Gasteiger charge is -2.07. The van der Waals surface area contributed by atoms with Gasteiger partial charge in [-0.2, -0.15) is 0 Å². The number of aryl methyl sites for hydroxylation is 1. The minimum absolute atomic E-state index is 0.0277. The number of pyridine rings is 2. The maximum Gasteiger partial charge on any atom is 0.251 e. The van der Waals surface area contributed by atoms with Crippen LogP contribution >= 0.6 is 11.6 Å². The molecule has 2 heterocycles. The van der Waals surface area contributed by atoms with Gasteiger partial charge in [0.25, 0.3) is 5.56 Å². The highest BCUT2D eigenvalue weighted by Gasteiger charge is 2.14. The minimum atomic E-state index is -3.69. The monoisotopic (exact) mass is 377 g/mol. The molecule has 0 aliphatic carbocycles. The van der Waals surface area contributed by atoms with Crippen molar-refractivity contribution in [2.75, 3.05) is 6.54 Å². The van der Waals surface area contributed by atoms with Crippen LogP contribution in [-0.2, 0) is 16.4 Å².